The fraction of sp³-hybridized carbons (Fsp3) is 0.600. The number of carbonyl (C=O) groups is 1. The Balaban J connectivity index is 2.60. The summed E-state index contributed by atoms with van der Waals surface area (Å²) >= 11 is 3.12. The molecule has 0 amide bonds. The molecule has 0 saturated carbocycles. The van der Waals surface area contributed by atoms with Gasteiger partial charge in [-0.25, -0.2) is 9.78 Å². The van der Waals surface area contributed by atoms with Gasteiger partial charge in [0, 0.05) is 11.8 Å². The number of thiazole rings is 1. The number of carbonyl (C=O) groups excluding carboxylic acids is 1. The molecule has 1 aromatic heterocycles. The van der Waals surface area contributed by atoms with E-state index >= 15 is 0 Å². The number of hydrogen-bond acceptors (Lipinski definition) is 6. The Bertz CT molecular complexity index is 341. The van der Waals surface area contributed by atoms with Crippen LogP contribution in [0.25, 0.3) is 0 Å². The minimum atomic E-state index is -0.330. The van der Waals surface area contributed by atoms with E-state index in [1.165, 1.54) is 18.4 Å². The molecule has 0 spiro atoms. The van der Waals surface area contributed by atoms with Crippen molar-refractivity contribution in [2.45, 2.75) is 19.4 Å². The lowest BCUT2D eigenvalue weighted by Gasteiger charge is -2.14. The van der Waals surface area contributed by atoms with Gasteiger partial charge >= 0.3 is 5.97 Å². The van der Waals surface area contributed by atoms with Crippen molar-refractivity contribution in [2.75, 3.05) is 24.4 Å². The number of rotatable bonds is 6. The summed E-state index contributed by atoms with van der Waals surface area (Å²) in [5.41, 5.74) is 0. The lowest BCUT2D eigenvalue weighted by Crippen LogP contribution is -2.20. The third-order valence-corrected chi connectivity index (χ3v) is 3.72. The quantitative estimate of drug-likeness (QED) is 0.796. The summed E-state index contributed by atoms with van der Waals surface area (Å²) in [6.07, 6.45) is 4.66. The van der Waals surface area contributed by atoms with Gasteiger partial charge in [-0.2, -0.15) is 11.8 Å². The summed E-state index contributed by atoms with van der Waals surface area (Å²) < 4.78 is 4.63. The molecular formula is C10H16N2O2S2. The summed E-state index contributed by atoms with van der Waals surface area (Å²) in [6.45, 7) is 2.13. The molecule has 0 aromatic carbocycles. The van der Waals surface area contributed by atoms with E-state index in [0.29, 0.717) is 10.9 Å². The number of nitrogens with one attached hydrogen (secondary N) is 1. The predicted molar refractivity (Wildman–Crippen MR) is 69.5 cm³/mol. The van der Waals surface area contributed by atoms with Crippen molar-refractivity contribution in [3.8, 4) is 0 Å². The first kappa shape index (κ1) is 13.3. The van der Waals surface area contributed by atoms with Gasteiger partial charge in [0.05, 0.1) is 13.3 Å². The van der Waals surface area contributed by atoms with Gasteiger partial charge in [0.2, 0.25) is 0 Å². The van der Waals surface area contributed by atoms with Gasteiger partial charge in [0.25, 0.3) is 0 Å². The SMILES string of the molecule is CCC(CSC)Nc1ncc(C(=O)OC)s1. The number of aromatic nitrogens is 1. The first-order chi connectivity index (χ1) is 7.71. The van der Waals surface area contributed by atoms with E-state index in [9.17, 15) is 4.79 Å². The summed E-state index contributed by atoms with van der Waals surface area (Å²) in [5, 5.41) is 4.09. The number of hydrogen-bond donors (Lipinski definition) is 1. The Morgan fingerprint density at radius 3 is 3.06 bits per heavy atom. The van der Waals surface area contributed by atoms with E-state index in [1.54, 1.807) is 18.0 Å². The highest BCUT2D eigenvalue weighted by atomic mass is 32.2. The maximum absolute atomic E-state index is 11.2. The molecule has 1 aromatic rings. The number of nitrogens with zero attached hydrogens (tertiary/aromatic N) is 1. The van der Waals surface area contributed by atoms with Crippen LogP contribution in [0.15, 0.2) is 6.20 Å². The molecule has 0 aliphatic heterocycles. The third kappa shape index (κ3) is 3.68. The van der Waals surface area contributed by atoms with Crippen LogP contribution < -0.4 is 5.32 Å². The lowest BCUT2D eigenvalue weighted by atomic mass is 10.3. The largest absolute Gasteiger partial charge is 0.465 e. The number of ether oxygens (including phenoxy) is 1. The van der Waals surface area contributed by atoms with Crippen LogP contribution in [0, 0.1) is 0 Å². The van der Waals surface area contributed by atoms with Crippen LogP contribution >= 0.6 is 23.1 Å². The Labute approximate surface area is 104 Å². The van der Waals surface area contributed by atoms with E-state index < -0.39 is 0 Å². The number of esters is 1. The highest BCUT2D eigenvalue weighted by Gasteiger charge is 2.12. The average molecular weight is 260 g/mol. The van der Waals surface area contributed by atoms with Crippen LogP contribution in [0.4, 0.5) is 5.13 Å². The maximum atomic E-state index is 11.2. The molecule has 0 fully saturated rings. The minimum Gasteiger partial charge on any atom is -0.465 e. The number of thioether (sulfide) groups is 1. The standard InChI is InChI=1S/C10H16N2O2S2/c1-4-7(6-15-3)12-10-11-5-8(16-10)9(13)14-2/h5,7H,4,6H2,1-3H3,(H,11,12). The van der Waals surface area contributed by atoms with Crippen LogP contribution in [0.5, 0.6) is 0 Å². The summed E-state index contributed by atoms with van der Waals surface area (Å²) in [4.78, 5) is 15.9. The zero-order valence-electron chi connectivity index (χ0n) is 9.65. The van der Waals surface area contributed by atoms with Crippen molar-refractivity contribution in [3.63, 3.8) is 0 Å². The molecule has 4 nitrogen and oxygen atoms in total. The Morgan fingerprint density at radius 2 is 2.50 bits per heavy atom. The van der Waals surface area contributed by atoms with E-state index in [0.717, 1.165) is 17.3 Å². The number of anilines is 1. The summed E-state index contributed by atoms with van der Waals surface area (Å²) in [6, 6.07) is 0.395. The van der Waals surface area contributed by atoms with Crippen LogP contribution in [0.1, 0.15) is 23.0 Å². The number of methoxy groups -OCH3 is 1. The molecule has 0 aliphatic rings. The average Bonchev–Trinajstić information content (AvgIpc) is 2.76. The monoisotopic (exact) mass is 260 g/mol. The molecule has 1 N–H and O–H groups in total. The van der Waals surface area contributed by atoms with Gasteiger partial charge in [-0.15, -0.1) is 0 Å². The maximum Gasteiger partial charge on any atom is 0.349 e. The normalized spacial score (nSPS) is 12.2. The summed E-state index contributed by atoms with van der Waals surface area (Å²) in [7, 11) is 1.37. The molecule has 0 aliphatic carbocycles. The first-order valence-electron chi connectivity index (χ1n) is 5.00. The second-order valence-electron chi connectivity index (χ2n) is 3.23. The van der Waals surface area contributed by atoms with Crippen molar-refractivity contribution in [3.05, 3.63) is 11.1 Å². The second-order valence-corrected chi connectivity index (χ2v) is 5.17. The fourth-order valence-electron chi connectivity index (χ4n) is 1.17. The van der Waals surface area contributed by atoms with Crippen LogP contribution in [-0.4, -0.2) is 36.1 Å². The zero-order chi connectivity index (χ0) is 12.0. The van der Waals surface area contributed by atoms with E-state index in [-0.39, 0.29) is 5.97 Å². The van der Waals surface area contributed by atoms with Crippen molar-refractivity contribution >= 4 is 34.2 Å². The molecule has 1 rings (SSSR count). The van der Waals surface area contributed by atoms with Crippen LogP contribution in [-0.2, 0) is 4.74 Å². The van der Waals surface area contributed by atoms with Crippen LogP contribution in [0.2, 0.25) is 0 Å². The van der Waals surface area contributed by atoms with E-state index in [4.69, 9.17) is 0 Å². The van der Waals surface area contributed by atoms with Gasteiger partial charge in [0.15, 0.2) is 5.13 Å². The Morgan fingerprint density at radius 1 is 1.75 bits per heavy atom. The second kappa shape index (κ2) is 6.75. The molecule has 0 bridgehead atoms. The van der Waals surface area contributed by atoms with Crippen molar-refractivity contribution in [2.24, 2.45) is 0 Å². The van der Waals surface area contributed by atoms with Gasteiger partial charge < -0.3 is 10.1 Å². The smallest absolute Gasteiger partial charge is 0.349 e. The van der Waals surface area contributed by atoms with E-state index in [2.05, 4.69) is 28.2 Å². The first-order valence-corrected chi connectivity index (χ1v) is 7.21. The minimum absolute atomic E-state index is 0.330. The molecule has 0 radical (unpaired) electrons. The molecule has 1 heterocycles. The Hall–Kier alpha value is -0.750. The van der Waals surface area contributed by atoms with Gasteiger partial charge in [-0.1, -0.05) is 18.3 Å². The third-order valence-electron chi connectivity index (χ3n) is 2.08. The van der Waals surface area contributed by atoms with Gasteiger partial charge in [-0.3, -0.25) is 0 Å². The Kier molecular flexibility index (Phi) is 5.62. The molecule has 1 atom stereocenters. The highest BCUT2D eigenvalue weighted by Crippen LogP contribution is 2.20. The predicted octanol–water partition coefficient (Wildman–Crippen LogP) is 2.48. The molecule has 6 heteroatoms. The highest BCUT2D eigenvalue weighted by molar-refractivity contribution is 7.98. The lowest BCUT2D eigenvalue weighted by molar-refractivity contribution is 0.0606. The van der Waals surface area contributed by atoms with Gasteiger partial charge in [0.1, 0.15) is 4.88 Å². The molecule has 0 saturated heterocycles. The summed E-state index contributed by atoms with van der Waals surface area (Å²) in [5.74, 6) is 0.701. The topological polar surface area (TPSA) is 51.2 Å². The van der Waals surface area contributed by atoms with Crippen molar-refractivity contribution in [1.82, 2.24) is 4.98 Å². The van der Waals surface area contributed by atoms with Gasteiger partial charge in [-0.05, 0) is 12.7 Å². The molecule has 90 valence electrons. The fourth-order valence-corrected chi connectivity index (χ4v) is 2.71. The van der Waals surface area contributed by atoms with E-state index in [1.807, 2.05) is 0 Å². The zero-order valence-corrected chi connectivity index (χ0v) is 11.3. The molecule has 16 heavy (non-hydrogen) atoms. The molecular weight excluding hydrogens is 244 g/mol. The van der Waals surface area contributed by atoms with Crippen molar-refractivity contribution in [1.29, 1.82) is 0 Å². The van der Waals surface area contributed by atoms with Crippen molar-refractivity contribution < 1.29 is 9.53 Å². The van der Waals surface area contributed by atoms with Crippen LogP contribution in [0.3, 0.4) is 0 Å². The molecule has 1 unspecified atom stereocenters.